The maximum Gasteiger partial charge on any atom is 0.138 e. The second kappa shape index (κ2) is 9.43. The quantitative estimate of drug-likeness (QED) is 0.382. The van der Waals surface area contributed by atoms with Gasteiger partial charge in [-0.25, -0.2) is 4.39 Å². The van der Waals surface area contributed by atoms with Crippen molar-refractivity contribution in [2.75, 3.05) is 0 Å². The van der Waals surface area contributed by atoms with Gasteiger partial charge in [0.25, 0.3) is 0 Å². The fourth-order valence-corrected chi connectivity index (χ4v) is 4.98. The Kier molecular flexibility index (Phi) is 6.48. The zero-order valence-corrected chi connectivity index (χ0v) is 17.8. The van der Waals surface area contributed by atoms with Crippen LogP contribution in [0.2, 0.25) is 0 Å². The second-order valence-electron chi connectivity index (χ2n) is 8.81. The Morgan fingerprint density at radius 3 is 2.40 bits per heavy atom. The van der Waals surface area contributed by atoms with Crippen LogP contribution in [0.3, 0.4) is 0 Å². The lowest BCUT2D eigenvalue weighted by molar-refractivity contribution is 0.303. The van der Waals surface area contributed by atoms with Crippen LogP contribution in [0.5, 0.6) is 0 Å². The van der Waals surface area contributed by atoms with Crippen LogP contribution < -0.4 is 0 Å². The van der Waals surface area contributed by atoms with Crippen molar-refractivity contribution in [3.05, 3.63) is 71.5 Å². The molecule has 1 aliphatic carbocycles. The Morgan fingerprint density at radius 1 is 0.933 bits per heavy atom. The van der Waals surface area contributed by atoms with Gasteiger partial charge in [-0.15, -0.1) is 0 Å². The van der Waals surface area contributed by atoms with Gasteiger partial charge in [-0.2, -0.15) is 5.26 Å². The molecule has 2 heteroatoms. The van der Waals surface area contributed by atoms with Crippen LogP contribution >= 0.6 is 0 Å². The molecule has 154 valence electrons. The van der Waals surface area contributed by atoms with Gasteiger partial charge in [0.1, 0.15) is 5.82 Å². The number of hydrogen-bond donors (Lipinski definition) is 0. The van der Waals surface area contributed by atoms with E-state index in [1.165, 1.54) is 56.9 Å². The highest BCUT2D eigenvalue weighted by atomic mass is 19.1. The van der Waals surface area contributed by atoms with E-state index in [0.29, 0.717) is 22.4 Å². The molecular weight excluding hydrogens is 369 g/mol. The summed E-state index contributed by atoms with van der Waals surface area (Å²) in [5.41, 5.74) is 3.34. The number of nitriles is 1. The lowest BCUT2D eigenvalue weighted by atomic mass is 9.76. The molecule has 0 radical (unpaired) electrons. The van der Waals surface area contributed by atoms with E-state index in [1.54, 1.807) is 12.1 Å². The summed E-state index contributed by atoms with van der Waals surface area (Å²) in [6.45, 7) is 2.27. The molecule has 3 aromatic rings. The largest absolute Gasteiger partial charge is 0.206 e. The predicted octanol–water partition coefficient (Wildman–Crippen LogP) is 8.37. The van der Waals surface area contributed by atoms with Crippen LogP contribution in [-0.2, 0) is 0 Å². The number of rotatable bonds is 6. The van der Waals surface area contributed by atoms with Crippen molar-refractivity contribution in [2.45, 2.75) is 64.2 Å². The lowest BCUT2D eigenvalue weighted by Gasteiger charge is -2.29. The van der Waals surface area contributed by atoms with Gasteiger partial charge in [-0.05, 0) is 66.2 Å². The zero-order chi connectivity index (χ0) is 20.9. The third kappa shape index (κ3) is 4.41. The van der Waals surface area contributed by atoms with Crippen molar-refractivity contribution >= 4 is 10.8 Å². The molecule has 3 aromatic carbocycles. The van der Waals surface area contributed by atoms with Crippen molar-refractivity contribution in [1.29, 1.82) is 5.26 Å². The highest BCUT2D eigenvalue weighted by molar-refractivity contribution is 5.89. The van der Waals surface area contributed by atoms with E-state index >= 15 is 4.39 Å². The maximum atomic E-state index is 15.2. The minimum Gasteiger partial charge on any atom is -0.206 e. The Bertz CT molecular complexity index is 1040. The molecule has 1 saturated carbocycles. The topological polar surface area (TPSA) is 23.8 Å². The van der Waals surface area contributed by atoms with Gasteiger partial charge in [0.2, 0.25) is 0 Å². The van der Waals surface area contributed by atoms with E-state index in [1.807, 2.05) is 30.3 Å². The van der Waals surface area contributed by atoms with Gasteiger partial charge in [0, 0.05) is 10.9 Å². The summed E-state index contributed by atoms with van der Waals surface area (Å²) in [4.78, 5) is 0. The van der Waals surface area contributed by atoms with Crippen molar-refractivity contribution < 1.29 is 4.39 Å². The number of nitrogens with zero attached hydrogens (tertiary/aromatic N) is 1. The first-order chi connectivity index (χ1) is 14.7. The van der Waals surface area contributed by atoms with Gasteiger partial charge in [0.15, 0.2) is 0 Å². The van der Waals surface area contributed by atoms with Crippen LogP contribution in [0.4, 0.5) is 4.39 Å². The number of fused-ring (bicyclic) bond motifs is 1. The first kappa shape index (κ1) is 20.6. The van der Waals surface area contributed by atoms with Gasteiger partial charge >= 0.3 is 0 Å². The molecule has 0 N–H and O–H groups in total. The summed E-state index contributed by atoms with van der Waals surface area (Å²) in [5, 5.41) is 10.6. The summed E-state index contributed by atoms with van der Waals surface area (Å²) in [6, 6.07) is 19.4. The summed E-state index contributed by atoms with van der Waals surface area (Å²) in [5.74, 6) is 1.34. The first-order valence-electron chi connectivity index (χ1n) is 11.4. The molecule has 4 rings (SSSR count). The van der Waals surface area contributed by atoms with Crippen molar-refractivity contribution in [1.82, 2.24) is 0 Å². The summed E-state index contributed by atoms with van der Waals surface area (Å²) >= 11 is 0. The molecule has 0 aromatic heterocycles. The smallest absolute Gasteiger partial charge is 0.138 e. The Labute approximate surface area is 179 Å². The van der Waals surface area contributed by atoms with Crippen molar-refractivity contribution in [3.8, 4) is 17.2 Å². The monoisotopic (exact) mass is 399 g/mol. The van der Waals surface area contributed by atoms with Gasteiger partial charge in [-0.3, -0.25) is 0 Å². The van der Waals surface area contributed by atoms with E-state index in [4.69, 9.17) is 5.26 Å². The summed E-state index contributed by atoms with van der Waals surface area (Å²) in [6.07, 6.45) is 10.6. The zero-order valence-electron chi connectivity index (χ0n) is 17.8. The number of hydrogen-bond acceptors (Lipinski definition) is 1. The average molecular weight is 400 g/mol. The van der Waals surface area contributed by atoms with Crippen molar-refractivity contribution in [3.63, 3.8) is 0 Å². The average Bonchev–Trinajstić information content (AvgIpc) is 2.80. The SMILES string of the molecule is CCCCCC1CCC(c2ccc3c(F)c(-c4ccc(C#N)cc4)ccc3c2)CC1. The first-order valence-corrected chi connectivity index (χ1v) is 11.4. The number of benzene rings is 3. The normalized spacial score (nSPS) is 19.0. The van der Waals surface area contributed by atoms with Crippen LogP contribution in [0.15, 0.2) is 54.6 Å². The Balaban J connectivity index is 1.51. The Hall–Kier alpha value is -2.66. The minimum atomic E-state index is -0.177. The molecule has 1 aliphatic rings. The maximum absolute atomic E-state index is 15.2. The van der Waals surface area contributed by atoms with E-state index in [9.17, 15) is 0 Å². The predicted molar refractivity (Wildman–Crippen MR) is 123 cm³/mol. The lowest BCUT2D eigenvalue weighted by Crippen LogP contribution is -2.13. The molecule has 0 aliphatic heterocycles. The van der Waals surface area contributed by atoms with Crippen molar-refractivity contribution in [2.24, 2.45) is 5.92 Å². The number of unbranched alkanes of at least 4 members (excludes halogenated alkanes) is 2. The minimum absolute atomic E-state index is 0.177. The molecular formula is C28H30FN. The molecule has 1 nitrogen and oxygen atoms in total. The molecule has 0 unspecified atom stereocenters. The molecule has 0 atom stereocenters. The van der Waals surface area contributed by atoms with Gasteiger partial charge < -0.3 is 0 Å². The molecule has 0 bridgehead atoms. The van der Waals surface area contributed by atoms with Crippen LogP contribution in [0, 0.1) is 23.1 Å². The molecule has 1 fully saturated rings. The Morgan fingerprint density at radius 2 is 1.70 bits per heavy atom. The third-order valence-corrected chi connectivity index (χ3v) is 6.84. The highest BCUT2D eigenvalue weighted by Crippen LogP contribution is 2.39. The van der Waals surface area contributed by atoms with Crippen LogP contribution in [0.25, 0.3) is 21.9 Å². The third-order valence-electron chi connectivity index (χ3n) is 6.84. The fourth-order valence-electron chi connectivity index (χ4n) is 4.98. The molecule has 0 spiro atoms. The standard InChI is InChI=1S/C28H30FN/c1-2-3-4-5-20-6-10-22(11-7-20)24-14-16-27-25(18-24)15-17-26(28(27)29)23-12-8-21(19-30)9-13-23/h8-9,12-18,20,22H,2-7,10-11H2,1H3. The highest BCUT2D eigenvalue weighted by Gasteiger charge is 2.22. The van der Waals surface area contributed by atoms with Crippen LogP contribution in [0.1, 0.15) is 75.3 Å². The van der Waals surface area contributed by atoms with E-state index in [0.717, 1.165) is 16.9 Å². The molecule has 30 heavy (non-hydrogen) atoms. The fraction of sp³-hybridized carbons (Fsp3) is 0.393. The molecule has 0 heterocycles. The number of halogens is 1. The second-order valence-corrected chi connectivity index (χ2v) is 8.81. The van der Waals surface area contributed by atoms with Gasteiger partial charge in [-0.1, -0.05) is 75.1 Å². The summed E-state index contributed by atoms with van der Waals surface area (Å²) < 4.78 is 15.2. The molecule has 0 amide bonds. The molecule has 0 saturated heterocycles. The van der Waals surface area contributed by atoms with Crippen LogP contribution in [-0.4, -0.2) is 0 Å². The van der Waals surface area contributed by atoms with E-state index in [2.05, 4.69) is 25.1 Å². The summed E-state index contributed by atoms with van der Waals surface area (Å²) in [7, 11) is 0. The van der Waals surface area contributed by atoms with E-state index < -0.39 is 0 Å². The van der Waals surface area contributed by atoms with Gasteiger partial charge in [0.05, 0.1) is 11.6 Å². The van der Waals surface area contributed by atoms with E-state index in [-0.39, 0.29) is 5.82 Å².